The van der Waals surface area contributed by atoms with Gasteiger partial charge in [0.2, 0.25) is 0 Å². The maximum Gasteiger partial charge on any atom is 0.252 e. The molecular formula is C12H14Br2N2O. The van der Waals surface area contributed by atoms with Crippen molar-refractivity contribution in [1.82, 2.24) is 10.2 Å². The topological polar surface area (TPSA) is 32.3 Å². The number of likely N-dealkylation sites (N-methyl/N-ethyl adjacent to an activating group) is 1. The van der Waals surface area contributed by atoms with Crippen LogP contribution in [0.4, 0.5) is 0 Å². The number of hydrogen-bond acceptors (Lipinski definition) is 2. The summed E-state index contributed by atoms with van der Waals surface area (Å²) in [6.07, 6.45) is 1.02. The molecule has 1 saturated heterocycles. The van der Waals surface area contributed by atoms with E-state index in [1.54, 1.807) is 0 Å². The molecule has 0 saturated carbocycles. The number of benzene rings is 1. The molecule has 1 aliphatic heterocycles. The first-order valence-electron chi connectivity index (χ1n) is 5.50. The molecule has 0 aliphatic carbocycles. The Hall–Kier alpha value is -0.390. The molecule has 1 aliphatic rings. The summed E-state index contributed by atoms with van der Waals surface area (Å²) in [6, 6.07) is 5.88. The molecule has 1 amide bonds. The molecular weight excluding hydrogens is 348 g/mol. The zero-order valence-corrected chi connectivity index (χ0v) is 12.7. The van der Waals surface area contributed by atoms with Crippen LogP contribution in [0.2, 0.25) is 0 Å². The number of nitrogens with zero attached hydrogens (tertiary/aromatic N) is 1. The number of nitrogens with one attached hydrogen (secondary N) is 1. The summed E-state index contributed by atoms with van der Waals surface area (Å²) in [5.74, 6) is -0.0153. The third-order valence-corrected chi connectivity index (χ3v) is 4.08. The monoisotopic (exact) mass is 360 g/mol. The molecule has 3 nitrogen and oxygen atoms in total. The lowest BCUT2D eigenvalue weighted by Gasteiger charge is -2.13. The van der Waals surface area contributed by atoms with Gasteiger partial charge in [-0.1, -0.05) is 15.9 Å². The van der Waals surface area contributed by atoms with Crippen LogP contribution >= 0.6 is 31.9 Å². The number of likely N-dealkylation sites (tertiary alicyclic amines) is 1. The number of halogens is 2. The Morgan fingerprint density at radius 1 is 1.47 bits per heavy atom. The number of carbonyl (C=O) groups excluding carboxylic acids is 1. The summed E-state index contributed by atoms with van der Waals surface area (Å²) in [7, 11) is 2.07. The van der Waals surface area contributed by atoms with Crippen molar-refractivity contribution in [3.8, 4) is 0 Å². The fourth-order valence-corrected chi connectivity index (χ4v) is 2.78. The van der Waals surface area contributed by atoms with Gasteiger partial charge in [0.15, 0.2) is 0 Å². The molecule has 1 atom stereocenters. The van der Waals surface area contributed by atoms with Crippen LogP contribution in [0.5, 0.6) is 0 Å². The van der Waals surface area contributed by atoms with Crippen LogP contribution in [0.1, 0.15) is 16.8 Å². The minimum absolute atomic E-state index is 0.0153. The summed E-state index contributed by atoms with van der Waals surface area (Å²) in [5.41, 5.74) is 0.675. The predicted molar refractivity (Wildman–Crippen MR) is 75.2 cm³/mol. The molecule has 0 bridgehead atoms. The van der Waals surface area contributed by atoms with E-state index >= 15 is 0 Å². The minimum atomic E-state index is -0.0153. The second-order valence-electron chi connectivity index (χ2n) is 4.35. The number of hydrogen-bond donors (Lipinski definition) is 1. The minimum Gasteiger partial charge on any atom is -0.348 e. The molecule has 0 aromatic heterocycles. The summed E-state index contributed by atoms with van der Waals surface area (Å²) in [4.78, 5) is 14.3. The van der Waals surface area contributed by atoms with Gasteiger partial charge in [-0.3, -0.25) is 4.79 Å². The van der Waals surface area contributed by atoms with Crippen LogP contribution < -0.4 is 5.32 Å². The van der Waals surface area contributed by atoms with Crippen molar-refractivity contribution >= 4 is 37.8 Å². The van der Waals surface area contributed by atoms with E-state index < -0.39 is 0 Å². The smallest absolute Gasteiger partial charge is 0.252 e. The molecule has 5 heteroatoms. The Morgan fingerprint density at radius 3 is 2.88 bits per heavy atom. The molecule has 1 aromatic rings. The van der Waals surface area contributed by atoms with Crippen molar-refractivity contribution < 1.29 is 4.79 Å². The first-order valence-corrected chi connectivity index (χ1v) is 7.09. The van der Waals surface area contributed by atoms with Gasteiger partial charge < -0.3 is 10.2 Å². The first-order chi connectivity index (χ1) is 8.06. The Balaban J connectivity index is 2.06. The number of rotatable bonds is 2. The maximum atomic E-state index is 12.1. The lowest BCUT2D eigenvalue weighted by Crippen LogP contribution is -2.36. The molecule has 1 N–H and O–H groups in total. The highest BCUT2D eigenvalue weighted by Crippen LogP contribution is 2.21. The van der Waals surface area contributed by atoms with Crippen molar-refractivity contribution in [1.29, 1.82) is 0 Å². The average molecular weight is 362 g/mol. The van der Waals surface area contributed by atoms with E-state index in [-0.39, 0.29) is 11.9 Å². The van der Waals surface area contributed by atoms with Crippen molar-refractivity contribution in [2.75, 3.05) is 20.1 Å². The Morgan fingerprint density at radius 2 is 2.24 bits per heavy atom. The largest absolute Gasteiger partial charge is 0.348 e. The van der Waals surface area contributed by atoms with Crippen molar-refractivity contribution in [3.63, 3.8) is 0 Å². The van der Waals surface area contributed by atoms with E-state index in [0.29, 0.717) is 5.56 Å². The van der Waals surface area contributed by atoms with Gasteiger partial charge in [0.1, 0.15) is 0 Å². The fourth-order valence-electron chi connectivity index (χ4n) is 1.99. The quantitative estimate of drug-likeness (QED) is 0.878. The van der Waals surface area contributed by atoms with E-state index in [9.17, 15) is 4.79 Å². The molecule has 0 spiro atoms. The molecule has 1 heterocycles. The van der Waals surface area contributed by atoms with E-state index in [1.165, 1.54) is 0 Å². The van der Waals surface area contributed by atoms with Gasteiger partial charge in [0.05, 0.1) is 5.56 Å². The highest BCUT2D eigenvalue weighted by molar-refractivity contribution is 9.11. The van der Waals surface area contributed by atoms with Crippen LogP contribution in [0.15, 0.2) is 27.1 Å². The number of amides is 1. The van der Waals surface area contributed by atoms with Crippen LogP contribution in [0.25, 0.3) is 0 Å². The average Bonchev–Trinajstić information content (AvgIpc) is 2.67. The third-order valence-electron chi connectivity index (χ3n) is 2.90. The van der Waals surface area contributed by atoms with Crippen molar-refractivity contribution in [2.24, 2.45) is 0 Å². The Bertz CT molecular complexity index is 437. The van der Waals surface area contributed by atoms with E-state index in [4.69, 9.17) is 0 Å². The Kier molecular flexibility index (Phi) is 4.22. The van der Waals surface area contributed by atoms with E-state index in [0.717, 1.165) is 28.5 Å². The molecule has 92 valence electrons. The van der Waals surface area contributed by atoms with Gasteiger partial charge in [0.25, 0.3) is 5.91 Å². The normalized spacial score (nSPS) is 20.5. The molecule has 1 unspecified atom stereocenters. The van der Waals surface area contributed by atoms with Crippen LogP contribution in [-0.4, -0.2) is 37.0 Å². The molecule has 1 fully saturated rings. The van der Waals surface area contributed by atoms with E-state index in [1.807, 2.05) is 18.2 Å². The highest BCUT2D eigenvalue weighted by Gasteiger charge is 2.22. The molecule has 1 aromatic carbocycles. The fraction of sp³-hybridized carbons (Fsp3) is 0.417. The van der Waals surface area contributed by atoms with Gasteiger partial charge >= 0.3 is 0 Å². The zero-order chi connectivity index (χ0) is 12.4. The first kappa shape index (κ1) is 13.1. The van der Waals surface area contributed by atoms with Gasteiger partial charge in [-0.15, -0.1) is 0 Å². The molecule has 2 rings (SSSR count). The standard InChI is InChI=1S/C12H14Br2N2O/c1-16-5-4-9(7-16)15-12(17)10-6-8(13)2-3-11(10)14/h2-3,6,9H,4-5,7H2,1H3,(H,15,17). The number of carbonyl (C=O) groups is 1. The van der Waals surface area contributed by atoms with E-state index in [2.05, 4.69) is 49.1 Å². The van der Waals surface area contributed by atoms with Crippen molar-refractivity contribution in [2.45, 2.75) is 12.5 Å². The van der Waals surface area contributed by atoms with Gasteiger partial charge in [-0.2, -0.15) is 0 Å². The summed E-state index contributed by atoms with van der Waals surface area (Å²) in [5, 5.41) is 3.06. The summed E-state index contributed by atoms with van der Waals surface area (Å²) >= 11 is 6.78. The summed E-state index contributed by atoms with van der Waals surface area (Å²) in [6.45, 7) is 1.97. The second kappa shape index (κ2) is 5.50. The van der Waals surface area contributed by atoms with Crippen LogP contribution in [-0.2, 0) is 0 Å². The SMILES string of the molecule is CN1CCC(NC(=O)c2cc(Br)ccc2Br)C1. The van der Waals surface area contributed by atoms with Gasteiger partial charge in [-0.05, 0) is 54.1 Å². The lowest BCUT2D eigenvalue weighted by molar-refractivity contribution is 0.0937. The highest BCUT2D eigenvalue weighted by atomic mass is 79.9. The van der Waals surface area contributed by atoms with Crippen molar-refractivity contribution in [3.05, 3.63) is 32.7 Å². The van der Waals surface area contributed by atoms with Crippen LogP contribution in [0.3, 0.4) is 0 Å². The Labute approximate surface area is 118 Å². The molecule has 17 heavy (non-hydrogen) atoms. The summed E-state index contributed by atoms with van der Waals surface area (Å²) < 4.78 is 1.74. The lowest BCUT2D eigenvalue weighted by atomic mass is 10.2. The van der Waals surface area contributed by atoms with Gasteiger partial charge in [0, 0.05) is 21.5 Å². The zero-order valence-electron chi connectivity index (χ0n) is 9.54. The maximum absolute atomic E-state index is 12.1. The third kappa shape index (κ3) is 3.30. The predicted octanol–water partition coefficient (Wildman–Crippen LogP) is 2.65. The second-order valence-corrected chi connectivity index (χ2v) is 6.12. The molecule has 0 radical (unpaired) electrons. The van der Waals surface area contributed by atoms with Gasteiger partial charge in [-0.25, -0.2) is 0 Å². The van der Waals surface area contributed by atoms with Crippen LogP contribution in [0, 0.1) is 0 Å².